The maximum atomic E-state index is 12.4. The highest BCUT2D eigenvalue weighted by Crippen LogP contribution is 2.31. The highest BCUT2D eigenvalue weighted by atomic mass is 32.1. The van der Waals surface area contributed by atoms with E-state index in [2.05, 4.69) is 11.4 Å². The number of thiophene rings is 1. The van der Waals surface area contributed by atoms with Crippen molar-refractivity contribution < 1.29 is 14.3 Å². The van der Waals surface area contributed by atoms with E-state index >= 15 is 0 Å². The van der Waals surface area contributed by atoms with Crippen molar-refractivity contribution in [3.8, 4) is 0 Å². The number of esters is 1. The van der Waals surface area contributed by atoms with E-state index < -0.39 is 5.54 Å². The second kappa shape index (κ2) is 6.70. The first kappa shape index (κ1) is 15.5. The highest BCUT2D eigenvalue weighted by molar-refractivity contribution is 7.09. The van der Waals surface area contributed by atoms with Gasteiger partial charge in [0.15, 0.2) is 0 Å². The molecule has 0 aliphatic carbocycles. The van der Waals surface area contributed by atoms with Crippen LogP contribution in [0, 0.1) is 0 Å². The van der Waals surface area contributed by atoms with Crippen molar-refractivity contribution in [1.82, 2.24) is 5.32 Å². The maximum absolute atomic E-state index is 12.4. The van der Waals surface area contributed by atoms with E-state index in [4.69, 9.17) is 9.47 Å². The summed E-state index contributed by atoms with van der Waals surface area (Å²) in [6.07, 6.45) is 1.42. The van der Waals surface area contributed by atoms with Crippen LogP contribution in [0.3, 0.4) is 0 Å². The standard InChI is InChI=1S/C15H23NO3S/c1-4-18-14(17)15(8-11(2)19-12(3)9-15)16-10-13-6-5-7-20-13/h5-7,11-12,16H,4,8-10H2,1-3H3. The predicted octanol–water partition coefficient (Wildman–Crippen LogP) is 2.73. The molecule has 1 N–H and O–H groups in total. The summed E-state index contributed by atoms with van der Waals surface area (Å²) in [5.41, 5.74) is -0.628. The van der Waals surface area contributed by atoms with Gasteiger partial charge in [-0.3, -0.25) is 10.1 Å². The van der Waals surface area contributed by atoms with E-state index in [1.165, 1.54) is 4.88 Å². The van der Waals surface area contributed by atoms with E-state index in [9.17, 15) is 4.79 Å². The Morgan fingerprint density at radius 2 is 2.20 bits per heavy atom. The molecule has 1 aromatic heterocycles. The molecule has 1 aromatic rings. The van der Waals surface area contributed by atoms with Crippen LogP contribution in [0.25, 0.3) is 0 Å². The normalized spacial score (nSPS) is 30.1. The molecule has 2 rings (SSSR count). The summed E-state index contributed by atoms with van der Waals surface area (Å²) in [5.74, 6) is -0.154. The fourth-order valence-electron chi connectivity index (χ4n) is 2.88. The Morgan fingerprint density at radius 1 is 1.50 bits per heavy atom. The van der Waals surface area contributed by atoms with E-state index in [1.807, 2.05) is 32.2 Å². The molecule has 0 bridgehead atoms. The fourth-order valence-corrected chi connectivity index (χ4v) is 3.52. The van der Waals surface area contributed by atoms with Gasteiger partial charge in [-0.25, -0.2) is 0 Å². The van der Waals surface area contributed by atoms with Crippen molar-refractivity contribution in [1.29, 1.82) is 0 Å². The average Bonchev–Trinajstić information content (AvgIpc) is 2.88. The van der Waals surface area contributed by atoms with Crippen molar-refractivity contribution in [3.05, 3.63) is 22.4 Å². The van der Waals surface area contributed by atoms with Crippen molar-refractivity contribution >= 4 is 17.3 Å². The van der Waals surface area contributed by atoms with Crippen molar-refractivity contribution in [2.75, 3.05) is 6.61 Å². The maximum Gasteiger partial charge on any atom is 0.326 e. The molecular formula is C15H23NO3S. The molecule has 0 saturated carbocycles. The lowest BCUT2D eigenvalue weighted by Gasteiger charge is -2.41. The third-order valence-electron chi connectivity index (χ3n) is 3.58. The van der Waals surface area contributed by atoms with Gasteiger partial charge in [-0.1, -0.05) is 6.07 Å². The number of nitrogens with one attached hydrogen (secondary N) is 1. The van der Waals surface area contributed by atoms with Crippen LogP contribution in [0.1, 0.15) is 38.5 Å². The smallest absolute Gasteiger partial charge is 0.326 e. The SMILES string of the molecule is CCOC(=O)C1(NCc2cccs2)CC(C)OC(C)C1. The van der Waals surface area contributed by atoms with Gasteiger partial charge in [-0.15, -0.1) is 11.3 Å². The van der Waals surface area contributed by atoms with Gasteiger partial charge < -0.3 is 9.47 Å². The molecule has 2 unspecified atom stereocenters. The first-order valence-corrected chi connectivity index (χ1v) is 8.04. The van der Waals surface area contributed by atoms with Crippen LogP contribution in [0.4, 0.5) is 0 Å². The van der Waals surface area contributed by atoms with Gasteiger partial charge in [-0.05, 0) is 32.2 Å². The monoisotopic (exact) mass is 297 g/mol. The Balaban J connectivity index is 2.12. The minimum atomic E-state index is -0.628. The molecule has 4 nitrogen and oxygen atoms in total. The van der Waals surface area contributed by atoms with Gasteiger partial charge >= 0.3 is 5.97 Å². The average molecular weight is 297 g/mol. The van der Waals surface area contributed by atoms with E-state index in [-0.39, 0.29) is 18.2 Å². The van der Waals surface area contributed by atoms with Crippen LogP contribution in [-0.2, 0) is 20.8 Å². The Labute approximate surface area is 124 Å². The molecule has 0 aromatic carbocycles. The van der Waals surface area contributed by atoms with Crippen LogP contribution in [0.15, 0.2) is 17.5 Å². The largest absolute Gasteiger partial charge is 0.465 e. The zero-order valence-electron chi connectivity index (χ0n) is 12.3. The summed E-state index contributed by atoms with van der Waals surface area (Å²) in [7, 11) is 0. The first-order chi connectivity index (χ1) is 9.55. The quantitative estimate of drug-likeness (QED) is 0.849. The summed E-state index contributed by atoms with van der Waals surface area (Å²) in [6.45, 7) is 6.96. The van der Waals surface area contributed by atoms with E-state index in [0.29, 0.717) is 26.0 Å². The number of ether oxygens (including phenoxy) is 2. The summed E-state index contributed by atoms with van der Waals surface area (Å²) in [6, 6.07) is 4.09. The molecular weight excluding hydrogens is 274 g/mol. The zero-order valence-corrected chi connectivity index (χ0v) is 13.2. The number of hydrogen-bond donors (Lipinski definition) is 1. The third-order valence-corrected chi connectivity index (χ3v) is 4.46. The zero-order chi connectivity index (χ0) is 14.6. The summed E-state index contributed by atoms with van der Waals surface area (Å²) in [5, 5.41) is 5.48. The van der Waals surface area contributed by atoms with Crippen molar-refractivity contribution in [2.45, 2.75) is 57.9 Å². The second-order valence-electron chi connectivity index (χ2n) is 5.40. The Bertz CT molecular complexity index is 422. The fraction of sp³-hybridized carbons (Fsp3) is 0.667. The number of carbonyl (C=O) groups excluding carboxylic acids is 1. The van der Waals surface area contributed by atoms with Gasteiger partial charge in [0, 0.05) is 24.3 Å². The van der Waals surface area contributed by atoms with Gasteiger partial charge in [-0.2, -0.15) is 0 Å². The molecule has 112 valence electrons. The summed E-state index contributed by atoms with van der Waals surface area (Å²) >= 11 is 1.69. The lowest BCUT2D eigenvalue weighted by molar-refractivity contribution is -0.162. The molecule has 5 heteroatoms. The number of hydrogen-bond acceptors (Lipinski definition) is 5. The Morgan fingerprint density at radius 3 is 2.75 bits per heavy atom. The Hall–Kier alpha value is -0.910. The second-order valence-corrected chi connectivity index (χ2v) is 6.43. The minimum Gasteiger partial charge on any atom is -0.465 e. The summed E-state index contributed by atoms with van der Waals surface area (Å²) < 4.78 is 11.1. The van der Waals surface area contributed by atoms with Gasteiger partial charge in [0.05, 0.1) is 18.8 Å². The van der Waals surface area contributed by atoms with E-state index in [0.717, 1.165) is 0 Å². The topological polar surface area (TPSA) is 47.6 Å². The number of carbonyl (C=O) groups is 1. The lowest BCUT2D eigenvalue weighted by Crippen LogP contribution is -2.59. The van der Waals surface area contributed by atoms with Gasteiger partial charge in [0.25, 0.3) is 0 Å². The molecule has 1 saturated heterocycles. The molecule has 2 heterocycles. The third kappa shape index (κ3) is 3.59. The molecule has 20 heavy (non-hydrogen) atoms. The Kier molecular flexibility index (Phi) is 5.18. The van der Waals surface area contributed by atoms with Crippen LogP contribution in [0.2, 0.25) is 0 Å². The molecule has 2 atom stereocenters. The molecule has 1 aliphatic heterocycles. The van der Waals surface area contributed by atoms with Crippen LogP contribution in [0.5, 0.6) is 0 Å². The van der Waals surface area contributed by atoms with E-state index in [1.54, 1.807) is 11.3 Å². The van der Waals surface area contributed by atoms with Gasteiger partial charge in [0.2, 0.25) is 0 Å². The number of rotatable bonds is 5. The molecule has 0 amide bonds. The van der Waals surface area contributed by atoms with Crippen LogP contribution < -0.4 is 5.32 Å². The lowest BCUT2D eigenvalue weighted by atomic mass is 9.84. The predicted molar refractivity (Wildman–Crippen MR) is 79.8 cm³/mol. The van der Waals surface area contributed by atoms with Crippen LogP contribution >= 0.6 is 11.3 Å². The van der Waals surface area contributed by atoms with Crippen molar-refractivity contribution in [2.24, 2.45) is 0 Å². The van der Waals surface area contributed by atoms with Crippen LogP contribution in [-0.4, -0.2) is 30.3 Å². The molecule has 1 aliphatic rings. The molecule has 1 fully saturated rings. The summed E-state index contributed by atoms with van der Waals surface area (Å²) in [4.78, 5) is 13.7. The van der Waals surface area contributed by atoms with Gasteiger partial charge in [0.1, 0.15) is 5.54 Å². The van der Waals surface area contributed by atoms with Crippen molar-refractivity contribution in [3.63, 3.8) is 0 Å². The minimum absolute atomic E-state index is 0.0546. The first-order valence-electron chi connectivity index (χ1n) is 7.16. The highest BCUT2D eigenvalue weighted by Gasteiger charge is 2.45. The molecule has 0 spiro atoms. The molecule has 0 radical (unpaired) electrons.